The predicted octanol–water partition coefficient (Wildman–Crippen LogP) is 2.64. The van der Waals surface area contributed by atoms with Crippen LogP contribution in [0.2, 0.25) is 0 Å². The predicted molar refractivity (Wildman–Crippen MR) is 96.2 cm³/mol. The summed E-state index contributed by atoms with van der Waals surface area (Å²) in [6.07, 6.45) is -0.557. The molecule has 0 aliphatic rings. The maximum absolute atomic E-state index is 12.3. The van der Waals surface area contributed by atoms with Gasteiger partial charge in [-0.3, -0.25) is 4.79 Å². The van der Waals surface area contributed by atoms with Crippen molar-refractivity contribution >= 4 is 16.9 Å². The van der Waals surface area contributed by atoms with Crippen LogP contribution in [0, 0.1) is 0 Å². The fourth-order valence-electron chi connectivity index (χ4n) is 2.60. The Morgan fingerprint density at radius 1 is 1.08 bits per heavy atom. The molecule has 0 saturated carbocycles. The van der Waals surface area contributed by atoms with Gasteiger partial charge >= 0.3 is 5.69 Å². The maximum atomic E-state index is 12.3. The Kier molecular flexibility index (Phi) is 5.00. The normalized spacial score (nSPS) is 13.5. The van der Waals surface area contributed by atoms with Crippen molar-refractivity contribution in [3.63, 3.8) is 0 Å². The molecular weight excluding hydrogens is 318 g/mol. The first-order valence-corrected chi connectivity index (χ1v) is 8.21. The van der Waals surface area contributed by atoms with Gasteiger partial charge in [0, 0.05) is 0 Å². The van der Waals surface area contributed by atoms with Crippen LogP contribution >= 0.6 is 0 Å². The number of aromatic nitrogens is 2. The highest BCUT2D eigenvalue weighted by atomic mass is 16.5. The highest BCUT2D eigenvalue weighted by Gasteiger charge is 2.17. The summed E-state index contributed by atoms with van der Waals surface area (Å²) in [5.41, 5.74) is 3.15. The minimum absolute atomic E-state index is 0.175. The van der Waals surface area contributed by atoms with Gasteiger partial charge in [0.05, 0.1) is 23.7 Å². The molecule has 1 aromatic heterocycles. The molecule has 0 bridgehead atoms. The van der Waals surface area contributed by atoms with Gasteiger partial charge in [0.15, 0.2) is 0 Å². The number of rotatable bonds is 6. The van der Waals surface area contributed by atoms with Crippen LogP contribution in [0.1, 0.15) is 31.0 Å². The second-order valence-corrected chi connectivity index (χ2v) is 6.05. The number of fused-ring (bicyclic) bond motifs is 1. The van der Waals surface area contributed by atoms with Gasteiger partial charge in [0.2, 0.25) is 5.91 Å². The first kappa shape index (κ1) is 17.0. The number of carbonyl (C=O) groups excluding carboxylic acids is 1. The molecule has 2 atom stereocenters. The van der Waals surface area contributed by atoms with Gasteiger partial charge in [-0.1, -0.05) is 36.4 Å². The third kappa shape index (κ3) is 4.16. The zero-order valence-corrected chi connectivity index (χ0v) is 14.2. The Balaban J connectivity index is 1.59. The number of benzene rings is 2. The lowest BCUT2D eigenvalue weighted by Gasteiger charge is -2.18. The van der Waals surface area contributed by atoms with Crippen molar-refractivity contribution in [2.75, 3.05) is 0 Å². The number of H-pyrrole nitrogens is 2. The van der Waals surface area contributed by atoms with E-state index in [1.807, 2.05) is 55.5 Å². The number of amides is 1. The molecular formula is C19H21N3O3. The number of nitrogens with one attached hydrogen (secondary N) is 3. The first-order valence-electron chi connectivity index (χ1n) is 8.21. The van der Waals surface area contributed by atoms with Crippen LogP contribution in [0.5, 0.6) is 0 Å². The molecule has 0 unspecified atom stereocenters. The average Bonchev–Trinajstić information content (AvgIpc) is 2.99. The Labute approximate surface area is 145 Å². The summed E-state index contributed by atoms with van der Waals surface area (Å²) >= 11 is 0. The molecule has 25 heavy (non-hydrogen) atoms. The molecule has 3 N–H and O–H groups in total. The highest BCUT2D eigenvalue weighted by Crippen LogP contribution is 2.17. The molecule has 6 nitrogen and oxygen atoms in total. The maximum Gasteiger partial charge on any atom is 0.323 e. The number of ether oxygens (including phenoxy) is 1. The smallest absolute Gasteiger partial charge is 0.323 e. The Hall–Kier alpha value is -2.86. The third-order valence-corrected chi connectivity index (χ3v) is 4.11. The van der Waals surface area contributed by atoms with Gasteiger partial charge in [-0.05, 0) is 37.1 Å². The molecule has 0 radical (unpaired) electrons. The lowest BCUT2D eigenvalue weighted by Crippen LogP contribution is -2.36. The quantitative estimate of drug-likeness (QED) is 0.645. The van der Waals surface area contributed by atoms with E-state index in [0.717, 1.165) is 22.2 Å². The summed E-state index contributed by atoms with van der Waals surface area (Å²) in [6.45, 7) is 4.02. The van der Waals surface area contributed by atoms with Crippen molar-refractivity contribution in [1.29, 1.82) is 0 Å². The molecule has 0 fully saturated rings. The Morgan fingerprint density at radius 2 is 1.80 bits per heavy atom. The van der Waals surface area contributed by atoms with Gasteiger partial charge in [-0.15, -0.1) is 0 Å². The SMILES string of the molecule is C[C@H](OCc1ccccc1)C(=O)N[C@H](C)c1ccc2[nH]c(=O)[nH]c2c1. The molecule has 0 aliphatic heterocycles. The van der Waals surface area contributed by atoms with Crippen LogP contribution in [0.3, 0.4) is 0 Å². The largest absolute Gasteiger partial charge is 0.364 e. The monoisotopic (exact) mass is 339 g/mol. The van der Waals surface area contributed by atoms with Crippen LogP contribution in [0.15, 0.2) is 53.3 Å². The second kappa shape index (κ2) is 7.36. The number of aromatic amines is 2. The molecule has 3 rings (SSSR count). The van der Waals surface area contributed by atoms with E-state index >= 15 is 0 Å². The molecule has 1 amide bonds. The summed E-state index contributed by atoms with van der Waals surface area (Å²) in [4.78, 5) is 29.1. The Bertz CT molecular complexity index is 914. The summed E-state index contributed by atoms with van der Waals surface area (Å²) in [5.74, 6) is -0.175. The summed E-state index contributed by atoms with van der Waals surface area (Å²) in [6, 6.07) is 15.1. The minimum atomic E-state index is -0.557. The standard InChI is InChI=1S/C19H21N3O3/c1-12(15-8-9-16-17(10-15)22-19(24)21-16)20-18(23)13(2)25-11-14-6-4-3-5-7-14/h3-10,12-13H,11H2,1-2H3,(H,20,23)(H2,21,22,24)/t12-,13+/m1/s1. The molecule has 130 valence electrons. The number of hydrogen-bond acceptors (Lipinski definition) is 3. The first-order chi connectivity index (χ1) is 12.0. The molecule has 0 aliphatic carbocycles. The van der Waals surface area contributed by atoms with Gasteiger partial charge in [0.1, 0.15) is 6.10 Å². The molecule has 0 saturated heterocycles. The van der Waals surface area contributed by atoms with Crippen LogP contribution < -0.4 is 11.0 Å². The zero-order chi connectivity index (χ0) is 17.8. The number of hydrogen-bond donors (Lipinski definition) is 3. The van der Waals surface area contributed by atoms with Crippen LogP contribution in [0.4, 0.5) is 0 Å². The fraction of sp³-hybridized carbons (Fsp3) is 0.263. The van der Waals surface area contributed by atoms with Crippen molar-refractivity contribution < 1.29 is 9.53 Å². The van der Waals surface area contributed by atoms with Gasteiger partial charge < -0.3 is 20.0 Å². The van der Waals surface area contributed by atoms with Gasteiger partial charge in [-0.2, -0.15) is 0 Å². The van der Waals surface area contributed by atoms with E-state index in [9.17, 15) is 9.59 Å². The summed E-state index contributed by atoms with van der Waals surface area (Å²) in [7, 11) is 0. The topological polar surface area (TPSA) is 87.0 Å². The van der Waals surface area contributed by atoms with Crippen LogP contribution in [-0.4, -0.2) is 22.0 Å². The highest BCUT2D eigenvalue weighted by molar-refractivity contribution is 5.81. The van der Waals surface area contributed by atoms with Crippen molar-refractivity contribution in [2.24, 2.45) is 0 Å². The Morgan fingerprint density at radius 3 is 2.56 bits per heavy atom. The van der Waals surface area contributed by atoms with Gasteiger partial charge in [0.25, 0.3) is 0 Å². The van der Waals surface area contributed by atoms with E-state index in [-0.39, 0.29) is 17.6 Å². The summed E-state index contributed by atoms with van der Waals surface area (Å²) < 4.78 is 5.64. The molecule has 6 heteroatoms. The average molecular weight is 339 g/mol. The molecule has 1 heterocycles. The van der Waals surface area contributed by atoms with E-state index in [4.69, 9.17) is 4.74 Å². The van der Waals surface area contributed by atoms with E-state index in [0.29, 0.717) is 6.61 Å². The molecule has 0 spiro atoms. The van der Waals surface area contributed by atoms with Crippen molar-refractivity contribution in [3.05, 3.63) is 70.1 Å². The lowest BCUT2D eigenvalue weighted by molar-refractivity contribution is -0.133. The van der Waals surface area contributed by atoms with E-state index in [1.165, 1.54) is 0 Å². The van der Waals surface area contributed by atoms with Gasteiger partial charge in [-0.25, -0.2) is 4.79 Å². The van der Waals surface area contributed by atoms with Crippen molar-refractivity contribution in [2.45, 2.75) is 32.6 Å². The van der Waals surface area contributed by atoms with E-state index in [1.54, 1.807) is 6.92 Å². The molecule has 2 aromatic carbocycles. The minimum Gasteiger partial charge on any atom is -0.364 e. The molecule has 3 aromatic rings. The third-order valence-electron chi connectivity index (χ3n) is 4.11. The van der Waals surface area contributed by atoms with E-state index < -0.39 is 6.10 Å². The zero-order valence-electron chi connectivity index (χ0n) is 14.2. The lowest BCUT2D eigenvalue weighted by atomic mass is 10.1. The number of carbonyl (C=O) groups is 1. The van der Waals surface area contributed by atoms with Crippen LogP contribution in [0.25, 0.3) is 11.0 Å². The summed E-state index contributed by atoms with van der Waals surface area (Å²) in [5, 5.41) is 2.94. The van der Waals surface area contributed by atoms with E-state index in [2.05, 4.69) is 15.3 Å². The fourth-order valence-corrected chi connectivity index (χ4v) is 2.60. The second-order valence-electron chi connectivity index (χ2n) is 6.05. The van der Waals surface area contributed by atoms with Crippen molar-refractivity contribution in [1.82, 2.24) is 15.3 Å². The van der Waals surface area contributed by atoms with Crippen molar-refractivity contribution in [3.8, 4) is 0 Å². The number of imidazole rings is 1. The van der Waals surface area contributed by atoms with Crippen LogP contribution in [-0.2, 0) is 16.1 Å².